The third-order valence-corrected chi connectivity index (χ3v) is 4.20. The lowest BCUT2D eigenvalue weighted by atomic mass is 10.2. The summed E-state index contributed by atoms with van der Waals surface area (Å²) in [6.45, 7) is 9.75. The standard InChI is InChI=1S/C18H36N6O3/c1-15(2)12-20-18(21-13-17(26)22(3)4)24-9-7-23(8-10-24)14-16(25)19-6-11-27-5/h15H,6-14H2,1-5H3,(H,19,25)(H,20,21). The SMILES string of the molecule is COCCNC(=O)CN1CCN(C(=NCC(=O)N(C)C)NCC(C)C)CC1. The molecule has 1 fully saturated rings. The first-order chi connectivity index (χ1) is 12.8. The number of amides is 2. The number of methoxy groups -OCH3 is 1. The number of aliphatic imine (C=N–C) groups is 1. The molecule has 156 valence electrons. The lowest BCUT2D eigenvalue weighted by molar-refractivity contribution is -0.127. The summed E-state index contributed by atoms with van der Waals surface area (Å²) in [5.41, 5.74) is 0. The van der Waals surface area contributed by atoms with E-state index in [9.17, 15) is 9.59 Å². The number of nitrogens with zero attached hydrogens (tertiary/aromatic N) is 4. The van der Waals surface area contributed by atoms with Crippen LogP contribution in [-0.2, 0) is 14.3 Å². The highest BCUT2D eigenvalue weighted by Gasteiger charge is 2.21. The summed E-state index contributed by atoms with van der Waals surface area (Å²) < 4.78 is 4.93. The molecule has 0 unspecified atom stereocenters. The van der Waals surface area contributed by atoms with E-state index in [1.165, 1.54) is 0 Å². The predicted octanol–water partition coefficient (Wildman–Crippen LogP) is -0.944. The minimum atomic E-state index is -0.0230. The number of hydrogen-bond acceptors (Lipinski definition) is 5. The zero-order valence-electron chi connectivity index (χ0n) is 17.5. The molecular weight excluding hydrogens is 348 g/mol. The number of carbonyl (C=O) groups is 2. The molecule has 9 nitrogen and oxygen atoms in total. The van der Waals surface area contributed by atoms with E-state index in [0.717, 1.165) is 38.7 Å². The summed E-state index contributed by atoms with van der Waals surface area (Å²) >= 11 is 0. The van der Waals surface area contributed by atoms with E-state index in [4.69, 9.17) is 4.74 Å². The highest BCUT2D eigenvalue weighted by Crippen LogP contribution is 2.03. The van der Waals surface area contributed by atoms with Crippen molar-refractivity contribution in [3.63, 3.8) is 0 Å². The normalized spacial score (nSPS) is 15.8. The molecule has 0 saturated carbocycles. The van der Waals surface area contributed by atoms with Gasteiger partial charge in [0.15, 0.2) is 5.96 Å². The number of likely N-dealkylation sites (N-methyl/N-ethyl adjacent to an activating group) is 1. The highest BCUT2D eigenvalue weighted by molar-refractivity contribution is 5.85. The fourth-order valence-electron chi connectivity index (χ4n) is 2.52. The van der Waals surface area contributed by atoms with Crippen molar-refractivity contribution in [3.05, 3.63) is 0 Å². The van der Waals surface area contributed by atoms with Crippen LogP contribution in [0.2, 0.25) is 0 Å². The van der Waals surface area contributed by atoms with E-state index < -0.39 is 0 Å². The van der Waals surface area contributed by atoms with Crippen LogP contribution in [0, 0.1) is 5.92 Å². The van der Waals surface area contributed by atoms with Crippen molar-refractivity contribution in [3.8, 4) is 0 Å². The van der Waals surface area contributed by atoms with E-state index in [-0.39, 0.29) is 18.4 Å². The smallest absolute Gasteiger partial charge is 0.243 e. The Morgan fingerprint density at radius 3 is 2.37 bits per heavy atom. The zero-order valence-corrected chi connectivity index (χ0v) is 17.5. The maximum Gasteiger partial charge on any atom is 0.243 e. The molecule has 0 radical (unpaired) electrons. The molecule has 0 aromatic carbocycles. The molecule has 1 aliphatic heterocycles. The Labute approximate surface area is 163 Å². The third kappa shape index (κ3) is 9.58. The Hall–Kier alpha value is -1.87. The molecular formula is C18H36N6O3. The molecule has 1 rings (SSSR count). The fraction of sp³-hybridized carbons (Fsp3) is 0.833. The van der Waals surface area contributed by atoms with Crippen molar-refractivity contribution in [1.82, 2.24) is 25.3 Å². The first kappa shape index (κ1) is 23.2. The molecule has 9 heteroatoms. The number of hydrogen-bond donors (Lipinski definition) is 2. The topological polar surface area (TPSA) is 89.5 Å². The quantitative estimate of drug-likeness (QED) is 0.303. The van der Waals surface area contributed by atoms with Crippen LogP contribution in [0.5, 0.6) is 0 Å². The summed E-state index contributed by atoms with van der Waals surface area (Å²) in [6.07, 6.45) is 0. The van der Waals surface area contributed by atoms with Gasteiger partial charge in [-0.05, 0) is 5.92 Å². The van der Waals surface area contributed by atoms with Gasteiger partial charge in [0, 0.05) is 60.5 Å². The van der Waals surface area contributed by atoms with Crippen LogP contribution in [0.3, 0.4) is 0 Å². The second kappa shape index (κ2) is 12.5. The molecule has 0 aromatic heterocycles. The summed E-state index contributed by atoms with van der Waals surface area (Å²) in [6, 6.07) is 0. The number of rotatable bonds is 9. The van der Waals surface area contributed by atoms with Crippen molar-refractivity contribution in [1.29, 1.82) is 0 Å². The van der Waals surface area contributed by atoms with E-state index in [2.05, 4.69) is 39.3 Å². The second-order valence-corrected chi connectivity index (χ2v) is 7.31. The number of carbonyl (C=O) groups excluding carboxylic acids is 2. The minimum Gasteiger partial charge on any atom is -0.383 e. The van der Waals surface area contributed by atoms with Crippen LogP contribution in [0.1, 0.15) is 13.8 Å². The second-order valence-electron chi connectivity index (χ2n) is 7.31. The Morgan fingerprint density at radius 1 is 1.15 bits per heavy atom. The summed E-state index contributed by atoms with van der Waals surface area (Å²) in [5.74, 6) is 1.24. The molecule has 0 aliphatic carbocycles. The van der Waals surface area contributed by atoms with Gasteiger partial charge in [0.1, 0.15) is 6.54 Å². The summed E-state index contributed by atoms with van der Waals surface area (Å²) in [5, 5.41) is 6.21. The van der Waals surface area contributed by atoms with Crippen LogP contribution in [-0.4, -0.2) is 113 Å². The lowest BCUT2D eigenvalue weighted by Crippen LogP contribution is -2.54. The molecule has 0 spiro atoms. The molecule has 1 saturated heterocycles. The fourth-order valence-corrected chi connectivity index (χ4v) is 2.52. The molecule has 0 bridgehead atoms. The third-order valence-electron chi connectivity index (χ3n) is 4.20. The first-order valence-corrected chi connectivity index (χ1v) is 9.54. The molecule has 2 amide bonds. The monoisotopic (exact) mass is 384 g/mol. The van der Waals surface area contributed by atoms with E-state index in [1.54, 1.807) is 26.1 Å². The zero-order chi connectivity index (χ0) is 20.2. The summed E-state index contributed by atoms with van der Waals surface area (Å²) in [7, 11) is 5.08. The van der Waals surface area contributed by atoms with Crippen LogP contribution in [0.15, 0.2) is 4.99 Å². The summed E-state index contributed by atoms with van der Waals surface area (Å²) in [4.78, 5) is 34.1. The van der Waals surface area contributed by atoms with Crippen molar-refractivity contribution in [2.24, 2.45) is 10.9 Å². The van der Waals surface area contributed by atoms with Gasteiger partial charge in [-0.15, -0.1) is 0 Å². The van der Waals surface area contributed by atoms with Crippen LogP contribution in [0.4, 0.5) is 0 Å². The van der Waals surface area contributed by atoms with E-state index >= 15 is 0 Å². The van der Waals surface area contributed by atoms with Crippen LogP contribution >= 0.6 is 0 Å². The molecule has 2 N–H and O–H groups in total. The number of piperazine rings is 1. The highest BCUT2D eigenvalue weighted by atomic mass is 16.5. The maximum atomic E-state index is 11.9. The maximum absolute atomic E-state index is 11.9. The van der Waals surface area contributed by atoms with Crippen molar-refractivity contribution >= 4 is 17.8 Å². The van der Waals surface area contributed by atoms with Gasteiger partial charge in [-0.3, -0.25) is 14.5 Å². The van der Waals surface area contributed by atoms with Gasteiger partial charge in [-0.25, -0.2) is 4.99 Å². The van der Waals surface area contributed by atoms with Gasteiger partial charge in [0.25, 0.3) is 0 Å². The molecule has 27 heavy (non-hydrogen) atoms. The number of ether oxygens (including phenoxy) is 1. The van der Waals surface area contributed by atoms with Gasteiger partial charge in [0.05, 0.1) is 13.2 Å². The van der Waals surface area contributed by atoms with Crippen LogP contribution < -0.4 is 10.6 Å². The van der Waals surface area contributed by atoms with Gasteiger partial charge >= 0.3 is 0 Å². The Bertz CT molecular complexity index is 487. The van der Waals surface area contributed by atoms with E-state index in [1.807, 2.05) is 0 Å². The van der Waals surface area contributed by atoms with Gasteiger partial charge < -0.3 is 25.2 Å². The number of guanidine groups is 1. The Kier molecular flexibility index (Phi) is 10.7. The molecule has 0 atom stereocenters. The van der Waals surface area contributed by atoms with Crippen molar-refractivity contribution in [2.45, 2.75) is 13.8 Å². The lowest BCUT2D eigenvalue weighted by Gasteiger charge is -2.36. The Morgan fingerprint density at radius 2 is 1.81 bits per heavy atom. The van der Waals surface area contributed by atoms with Gasteiger partial charge in [-0.2, -0.15) is 0 Å². The van der Waals surface area contributed by atoms with Gasteiger partial charge in [-0.1, -0.05) is 13.8 Å². The predicted molar refractivity (Wildman–Crippen MR) is 107 cm³/mol. The largest absolute Gasteiger partial charge is 0.383 e. The molecule has 1 aliphatic rings. The van der Waals surface area contributed by atoms with Gasteiger partial charge in [0.2, 0.25) is 11.8 Å². The van der Waals surface area contributed by atoms with E-state index in [0.29, 0.717) is 25.6 Å². The van der Waals surface area contributed by atoms with Crippen molar-refractivity contribution in [2.75, 3.05) is 80.2 Å². The molecule has 0 aromatic rings. The number of nitrogens with one attached hydrogen (secondary N) is 2. The molecule has 1 heterocycles. The average molecular weight is 385 g/mol. The minimum absolute atomic E-state index is 0.0175. The Balaban J connectivity index is 2.53. The first-order valence-electron chi connectivity index (χ1n) is 9.54. The van der Waals surface area contributed by atoms with Crippen molar-refractivity contribution < 1.29 is 14.3 Å². The average Bonchev–Trinajstić information content (AvgIpc) is 2.62. The van der Waals surface area contributed by atoms with Crippen LogP contribution in [0.25, 0.3) is 0 Å².